The minimum atomic E-state index is -4.26. The van der Waals surface area contributed by atoms with Gasteiger partial charge in [0.2, 0.25) is 0 Å². The number of nitrogens with one attached hydrogen (secondary N) is 1. The van der Waals surface area contributed by atoms with E-state index in [1.165, 1.54) is 37.8 Å². The van der Waals surface area contributed by atoms with Crippen molar-refractivity contribution in [2.45, 2.75) is 52.1 Å². The summed E-state index contributed by atoms with van der Waals surface area (Å²) in [4.78, 5) is 0. The van der Waals surface area contributed by atoms with Crippen molar-refractivity contribution in [2.24, 2.45) is 5.92 Å². The Morgan fingerprint density at radius 3 is 2.10 bits per heavy atom. The summed E-state index contributed by atoms with van der Waals surface area (Å²) in [7, 11) is 0. The Labute approximate surface area is 119 Å². The molecule has 0 aliphatic carbocycles. The molecular formula is C16H24F3N. The Hall–Kier alpha value is -1.19. The number of benzene rings is 1. The van der Waals surface area contributed by atoms with E-state index in [4.69, 9.17) is 0 Å². The molecule has 0 fully saturated rings. The first-order valence-electron chi connectivity index (χ1n) is 7.30. The molecule has 1 N–H and O–H groups in total. The molecule has 0 radical (unpaired) electrons. The molecule has 0 bridgehead atoms. The average Bonchev–Trinajstić information content (AvgIpc) is 2.37. The van der Waals surface area contributed by atoms with Crippen molar-refractivity contribution in [1.82, 2.24) is 0 Å². The zero-order valence-electron chi connectivity index (χ0n) is 12.3. The number of alkyl halides is 3. The SMILES string of the molecule is CC(C)CCCCCCNc1ccc(C(F)(F)F)cc1. The van der Waals surface area contributed by atoms with Crippen molar-refractivity contribution in [3.8, 4) is 0 Å². The Kier molecular flexibility index (Phi) is 6.89. The molecule has 0 amide bonds. The summed E-state index contributed by atoms with van der Waals surface area (Å²) in [5.74, 6) is 0.764. The molecule has 4 heteroatoms. The van der Waals surface area contributed by atoms with Crippen LogP contribution in [0.1, 0.15) is 51.5 Å². The third kappa shape index (κ3) is 6.83. The maximum Gasteiger partial charge on any atom is 0.416 e. The van der Waals surface area contributed by atoms with Crippen LogP contribution in [0.5, 0.6) is 0 Å². The van der Waals surface area contributed by atoms with Gasteiger partial charge in [0.25, 0.3) is 0 Å². The van der Waals surface area contributed by atoms with Crippen molar-refractivity contribution in [2.75, 3.05) is 11.9 Å². The van der Waals surface area contributed by atoms with E-state index < -0.39 is 11.7 Å². The van der Waals surface area contributed by atoms with Crippen molar-refractivity contribution in [3.05, 3.63) is 29.8 Å². The van der Waals surface area contributed by atoms with Gasteiger partial charge in [-0.2, -0.15) is 13.2 Å². The summed E-state index contributed by atoms with van der Waals surface area (Å²) in [5.41, 5.74) is 0.150. The first kappa shape index (κ1) is 16.9. The van der Waals surface area contributed by atoms with E-state index >= 15 is 0 Å². The summed E-state index contributed by atoms with van der Waals surface area (Å²) in [5, 5.41) is 3.16. The van der Waals surface area contributed by atoms with Gasteiger partial charge in [-0.25, -0.2) is 0 Å². The van der Waals surface area contributed by atoms with Gasteiger partial charge in [0.05, 0.1) is 5.56 Å². The fourth-order valence-electron chi connectivity index (χ4n) is 2.04. The van der Waals surface area contributed by atoms with E-state index in [0.29, 0.717) is 0 Å². The summed E-state index contributed by atoms with van der Waals surface area (Å²) in [6.07, 6.45) is 1.73. The van der Waals surface area contributed by atoms with E-state index in [9.17, 15) is 13.2 Å². The van der Waals surface area contributed by atoms with Crippen LogP contribution in [0.3, 0.4) is 0 Å². The summed E-state index contributed by atoms with van der Waals surface area (Å²) in [6, 6.07) is 5.21. The Morgan fingerprint density at radius 1 is 0.950 bits per heavy atom. The van der Waals surface area contributed by atoms with Crippen LogP contribution in [0.15, 0.2) is 24.3 Å². The largest absolute Gasteiger partial charge is 0.416 e. The number of hydrogen-bond acceptors (Lipinski definition) is 1. The minimum absolute atomic E-state index is 0.600. The maximum atomic E-state index is 12.4. The lowest BCUT2D eigenvalue weighted by Crippen LogP contribution is -2.06. The van der Waals surface area contributed by atoms with Gasteiger partial charge in [-0.05, 0) is 36.6 Å². The zero-order valence-corrected chi connectivity index (χ0v) is 12.3. The molecule has 0 saturated heterocycles. The monoisotopic (exact) mass is 287 g/mol. The Balaban J connectivity index is 2.16. The predicted molar refractivity (Wildman–Crippen MR) is 77.9 cm³/mol. The van der Waals surface area contributed by atoms with Gasteiger partial charge < -0.3 is 5.32 Å². The van der Waals surface area contributed by atoms with Gasteiger partial charge in [-0.1, -0.05) is 39.5 Å². The molecule has 1 aromatic carbocycles. The topological polar surface area (TPSA) is 12.0 Å². The van der Waals surface area contributed by atoms with Gasteiger partial charge in [-0.15, -0.1) is 0 Å². The number of hydrogen-bond donors (Lipinski definition) is 1. The second-order valence-corrected chi connectivity index (χ2v) is 5.60. The predicted octanol–water partition coefficient (Wildman–Crippen LogP) is 5.72. The standard InChI is InChI=1S/C16H24F3N/c1-13(2)7-5-3-4-6-12-20-15-10-8-14(9-11-15)16(17,18)19/h8-11,13,20H,3-7,12H2,1-2H3. The van der Waals surface area contributed by atoms with E-state index in [1.807, 2.05) is 0 Å². The van der Waals surface area contributed by atoms with Gasteiger partial charge in [0, 0.05) is 12.2 Å². The third-order valence-corrected chi connectivity index (χ3v) is 3.25. The van der Waals surface area contributed by atoms with Crippen molar-refractivity contribution in [1.29, 1.82) is 0 Å². The average molecular weight is 287 g/mol. The van der Waals surface area contributed by atoms with Crippen LogP contribution >= 0.6 is 0 Å². The molecule has 0 atom stereocenters. The molecular weight excluding hydrogens is 263 g/mol. The third-order valence-electron chi connectivity index (χ3n) is 3.25. The lowest BCUT2D eigenvalue weighted by Gasteiger charge is -2.09. The van der Waals surface area contributed by atoms with E-state index in [1.54, 1.807) is 0 Å². The molecule has 0 heterocycles. The summed E-state index contributed by atoms with van der Waals surface area (Å²) in [6.45, 7) is 5.27. The summed E-state index contributed by atoms with van der Waals surface area (Å²) >= 11 is 0. The van der Waals surface area contributed by atoms with Crippen LogP contribution in [-0.4, -0.2) is 6.54 Å². The van der Waals surface area contributed by atoms with Crippen LogP contribution in [0.2, 0.25) is 0 Å². The highest BCUT2D eigenvalue weighted by Crippen LogP contribution is 2.29. The Bertz CT molecular complexity index is 368. The minimum Gasteiger partial charge on any atom is -0.385 e. The zero-order chi connectivity index (χ0) is 15.0. The number of halogens is 3. The quantitative estimate of drug-likeness (QED) is 0.603. The fraction of sp³-hybridized carbons (Fsp3) is 0.625. The van der Waals surface area contributed by atoms with E-state index in [-0.39, 0.29) is 0 Å². The molecule has 0 spiro atoms. The molecule has 0 unspecified atom stereocenters. The van der Waals surface area contributed by atoms with Gasteiger partial charge in [-0.3, -0.25) is 0 Å². The lowest BCUT2D eigenvalue weighted by atomic mass is 10.0. The van der Waals surface area contributed by atoms with Crippen molar-refractivity contribution >= 4 is 5.69 Å². The van der Waals surface area contributed by atoms with Crippen LogP contribution in [0.25, 0.3) is 0 Å². The van der Waals surface area contributed by atoms with Gasteiger partial charge in [0.15, 0.2) is 0 Å². The summed E-state index contributed by atoms with van der Waals surface area (Å²) < 4.78 is 37.1. The van der Waals surface area contributed by atoms with Gasteiger partial charge >= 0.3 is 6.18 Å². The lowest BCUT2D eigenvalue weighted by molar-refractivity contribution is -0.137. The highest BCUT2D eigenvalue weighted by Gasteiger charge is 2.29. The van der Waals surface area contributed by atoms with E-state index in [2.05, 4.69) is 19.2 Å². The van der Waals surface area contributed by atoms with Gasteiger partial charge in [0.1, 0.15) is 0 Å². The number of unbranched alkanes of at least 4 members (excludes halogenated alkanes) is 3. The van der Waals surface area contributed by atoms with Crippen LogP contribution in [0.4, 0.5) is 18.9 Å². The van der Waals surface area contributed by atoms with Crippen molar-refractivity contribution in [3.63, 3.8) is 0 Å². The fourth-order valence-corrected chi connectivity index (χ4v) is 2.04. The second kappa shape index (κ2) is 8.18. The molecule has 0 aliphatic rings. The molecule has 20 heavy (non-hydrogen) atoms. The molecule has 114 valence electrons. The highest BCUT2D eigenvalue weighted by molar-refractivity contribution is 5.44. The number of anilines is 1. The first-order chi connectivity index (χ1) is 9.39. The van der Waals surface area contributed by atoms with Crippen LogP contribution in [0, 0.1) is 5.92 Å². The molecule has 1 aromatic rings. The maximum absolute atomic E-state index is 12.4. The molecule has 0 aromatic heterocycles. The Morgan fingerprint density at radius 2 is 1.55 bits per heavy atom. The smallest absolute Gasteiger partial charge is 0.385 e. The highest BCUT2D eigenvalue weighted by atomic mass is 19.4. The molecule has 0 aliphatic heterocycles. The van der Waals surface area contributed by atoms with E-state index in [0.717, 1.165) is 36.7 Å². The molecule has 1 rings (SSSR count). The van der Waals surface area contributed by atoms with Crippen LogP contribution in [-0.2, 0) is 6.18 Å². The second-order valence-electron chi connectivity index (χ2n) is 5.60. The van der Waals surface area contributed by atoms with Crippen LogP contribution < -0.4 is 5.32 Å². The van der Waals surface area contributed by atoms with Crippen molar-refractivity contribution < 1.29 is 13.2 Å². The number of rotatable bonds is 8. The first-order valence-corrected chi connectivity index (χ1v) is 7.30. The molecule has 1 nitrogen and oxygen atoms in total. The normalized spacial score (nSPS) is 11.9. The molecule has 0 saturated carbocycles.